The Morgan fingerprint density at radius 1 is 0.873 bits per heavy atom. The zero-order valence-electron chi connectivity index (χ0n) is 35.9. The summed E-state index contributed by atoms with van der Waals surface area (Å²) >= 11 is 0. The Morgan fingerprint density at radius 2 is 1.60 bits per heavy atom. The number of H-pyrrole nitrogens is 1. The van der Waals surface area contributed by atoms with Crippen molar-refractivity contribution in [3.8, 4) is 22.4 Å². The van der Waals surface area contributed by atoms with Crippen LogP contribution in [-0.2, 0) is 28.1 Å². The van der Waals surface area contributed by atoms with Crippen molar-refractivity contribution in [3.05, 3.63) is 118 Å². The maximum Gasteiger partial charge on any atom is 0.315 e. The minimum absolute atomic E-state index is 0.0522. The number of aryl methyl sites for hydroxylation is 1. The Bertz CT molecular complexity index is 2790. The number of hydrogen-bond acceptors (Lipinski definition) is 11. The van der Waals surface area contributed by atoms with Crippen LogP contribution >= 0.6 is 0 Å². The molecule has 0 bridgehead atoms. The average Bonchev–Trinajstić information content (AvgIpc) is 4.00. The number of fused-ring (bicyclic) bond motifs is 2. The number of rotatable bonds is 10. The van der Waals surface area contributed by atoms with Crippen molar-refractivity contribution in [1.82, 2.24) is 40.8 Å². The highest BCUT2D eigenvalue weighted by atomic mass is 16.5. The molecule has 3 N–H and O–H groups in total. The Morgan fingerprint density at radius 3 is 2.32 bits per heavy atom. The number of carbonyl (C=O) groups excluding carboxylic acids is 5. The highest BCUT2D eigenvalue weighted by Crippen LogP contribution is 2.34. The van der Waals surface area contributed by atoms with Gasteiger partial charge in [0.25, 0.3) is 11.8 Å². The van der Waals surface area contributed by atoms with Crippen LogP contribution in [0.4, 0.5) is 5.69 Å². The number of anilines is 1. The minimum Gasteiger partial charge on any atom is -0.371 e. The van der Waals surface area contributed by atoms with E-state index in [0.29, 0.717) is 36.1 Å². The summed E-state index contributed by atoms with van der Waals surface area (Å²) in [6, 6.07) is 25.8. The molecule has 1 unspecified atom stereocenters. The summed E-state index contributed by atoms with van der Waals surface area (Å²) in [4.78, 5) is 73.3. The first-order valence-electron chi connectivity index (χ1n) is 21.3. The first-order valence-corrected chi connectivity index (χ1v) is 21.3. The lowest BCUT2D eigenvalue weighted by Crippen LogP contribution is -2.54. The fraction of sp³-hybridized carbons (Fsp3) is 0.333. The lowest BCUT2D eigenvalue weighted by molar-refractivity contribution is -0.136. The Labute approximate surface area is 364 Å². The molecule has 0 radical (unpaired) electrons. The normalized spacial score (nSPS) is 17.2. The molecule has 3 aliphatic rings. The van der Waals surface area contributed by atoms with E-state index in [2.05, 4.69) is 96.4 Å². The summed E-state index contributed by atoms with van der Waals surface area (Å²) < 4.78 is 5.20. The van der Waals surface area contributed by atoms with Crippen molar-refractivity contribution in [2.24, 2.45) is 0 Å². The molecule has 15 heteroatoms. The van der Waals surface area contributed by atoms with Crippen LogP contribution in [0.1, 0.15) is 100 Å². The molecule has 4 aromatic carbocycles. The van der Waals surface area contributed by atoms with Crippen LogP contribution in [0.5, 0.6) is 0 Å². The Balaban J connectivity index is 0.803. The van der Waals surface area contributed by atoms with E-state index in [9.17, 15) is 24.0 Å². The smallest absolute Gasteiger partial charge is 0.315 e. The lowest BCUT2D eigenvalue weighted by atomic mass is 9.96. The van der Waals surface area contributed by atoms with Crippen molar-refractivity contribution in [2.75, 3.05) is 25.0 Å². The number of amides is 5. The lowest BCUT2D eigenvalue weighted by Gasteiger charge is -2.38. The fourth-order valence-electron chi connectivity index (χ4n) is 8.79. The zero-order valence-corrected chi connectivity index (χ0v) is 35.9. The Kier molecular flexibility index (Phi) is 10.7. The molecule has 2 saturated heterocycles. The largest absolute Gasteiger partial charge is 0.371 e. The average molecular weight is 848 g/mol. The third kappa shape index (κ3) is 8.11. The molecule has 15 nitrogen and oxygen atoms in total. The van der Waals surface area contributed by atoms with E-state index in [1.165, 1.54) is 5.69 Å². The molecule has 63 heavy (non-hydrogen) atoms. The van der Waals surface area contributed by atoms with Gasteiger partial charge in [0.2, 0.25) is 11.8 Å². The SMILES string of the molecule is Cc1cc(-c2n[nH]c3ccc(-c4ccc(N5CCC(N(C)Cc6ccc7c(c6)C(=O)N(C6CCC(=O)NC6=O)C7=O)CC5)cc4)cc23)ccc1CNC(=O)c1nc(C(C)(C)C)no1. The molecule has 2 fully saturated rings. The van der Waals surface area contributed by atoms with Gasteiger partial charge < -0.3 is 14.7 Å². The molecule has 0 spiro atoms. The van der Waals surface area contributed by atoms with E-state index < -0.39 is 35.6 Å². The van der Waals surface area contributed by atoms with Gasteiger partial charge >= 0.3 is 11.8 Å². The van der Waals surface area contributed by atoms with E-state index in [1.54, 1.807) is 12.1 Å². The third-order valence-electron chi connectivity index (χ3n) is 12.5. The molecular weight excluding hydrogens is 799 g/mol. The van der Waals surface area contributed by atoms with Gasteiger partial charge in [0.05, 0.1) is 22.3 Å². The number of nitrogens with one attached hydrogen (secondary N) is 3. The number of aromatic nitrogens is 4. The summed E-state index contributed by atoms with van der Waals surface area (Å²) in [7, 11) is 2.09. The van der Waals surface area contributed by atoms with Gasteiger partial charge in [-0.2, -0.15) is 10.1 Å². The van der Waals surface area contributed by atoms with E-state index in [-0.39, 0.29) is 24.1 Å². The van der Waals surface area contributed by atoms with Crippen molar-refractivity contribution >= 4 is 46.1 Å². The summed E-state index contributed by atoms with van der Waals surface area (Å²) in [5.74, 6) is -1.97. The van der Waals surface area contributed by atoms with Gasteiger partial charge in [-0.25, -0.2) is 0 Å². The molecule has 0 aliphatic carbocycles. The van der Waals surface area contributed by atoms with Crippen LogP contribution in [0.15, 0.2) is 83.4 Å². The van der Waals surface area contributed by atoms with Gasteiger partial charge in [0.15, 0.2) is 5.82 Å². The molecular formula is C48H49N9O6. The van der Waals surface area contributed by atoms with Crippen LogP contribution < -0.4 is 15.5 Å². The first kappa shape index (κ1) is 41.4. The summed E-state index contributed by atoms with van der Waals surface area (Å²) in [6.07, 6.45) is 2.16. The highest BCUT2D eigenvalue weighted by molar-refractivity contribution is 6.23. The molecule has 6 aromatic rings. The van der Waals surface area contributed by atoms with Crippen molar-refractivity contribution < 1.29 is 28.5 Å². The van der Waals surface area contributed by atoms with Crippen molar-refractivity contribution in [2.45, 2.75) is 84.0 Å². The van der Waals surface area contributed by atoms with Gasteiger partial charge in [-0.15, -0.1) is 0 Å². The number of hydrogen-bond donors (Lipinski definition) is 3. The minimum atomic E-state index is -0.980. The predicted molar refractivity (Wildman–Crippen MR) is 236 cm³/mol. The number of nitrogens with zero attached hydrogens (tertiary/aromatic N) is 6. The third-order valence-corrected chi connectivity index (χ3v) is 12.5. The van der Waals surface area contributed by atoms with Crippen LogP contribution in [0.2, 0.25) is 0 Å². The predicted octanol–water partition coefficient (Wildman–Crippen LogP) is 6.32. The highest BCUT2D eigenvalue weighted by Gasteiger charge is 2.44. The number of carbonyl (C=O) groups is 5. The van der Waals surface area contributed by atoms with Gasteiger partial charge in [-0.1, -0.05) is 62.3 Å². The standard InChI is InChI=1S/C48H49N9O6/c1-27-22-31(7-8-32(27)25-49-43(60)44-51-47(54-63-44)48(2,3)4)41-37-24-30(11-15-38(37)52-53-41)29-9-12-34(13-10-29)56-20-18-33(19-21-56)55(5)26-28-6-14-35-36(23-28)46(62)57(45(35)61)39-16-17-40(58)50-42(39)59/h6-15,22-24,33,39H,16-21,25-26H2,1-5H3,(H,49,60)(H,52,53)(H,50,58,59). The number of imide groups is 2. The second-order valence-electron chi connectivity index (χ2n) is 17.8. The molecule has 5 amide bonds. The van der Waals surface area contributed by atoms with E-state index >= 15 is 0 Å². The van der Waals surface area contributed by atoms with Gasteiger partial charge in [-0.05, 0) is 104 Å². The topological polar surface area (TPSA) is 187 Å². The van der Waals surface area contributed by atoms with E-state index in [0.717, 1.165) is 80.8 Å². The van der Waals surface area contributed by atoms with Gasteiger partial charge in [0, 0.05) is 60.7 Å². The molecule has 0 saturated carbocycles. The van der Waals surface area contributed by atoms with E-state index in [1.807, 2.05) is 45.9 Å². The molecule has 9 rings (SSSR count). The fourth-order valence-corrected chi connectivity index (χ4v) is 8.79. The van der Waals surface area contributed by atoms with Crippen LogP contribution in [0.25, 0.3) is 33.3 Å². The zero-order chi connectivity index (χ0) is 44.2. The number of piperidine rings is 2. The van der Waals surface area contributed by atoms with Crippen LogP contribution in [-0.4, -0.2) is 91.9 Å². The summed E-state index contributed by atoms with van der Waals surface area (Å²) in [5, 5.41) is 18.0. The summed E-state index contributed by atoms with van der Waals surface area (Å²) in [5.41, 5.74) is 9.31. The summed E-state index contributed by atoms with van der Waals surface area (Å²) in [6.45, 7) is 10.6. The molecule has 322 valence electrons. The van der Waals surface area contributed by atoms with Gasteiger partial charge in [-0.3, -0.25) is 44.2 Å². The quantitative estimate of drug-likeness (QED) is 0.131. The van der Waals surface area contributed by atoms with Crippen LogP contribution in [0.3, 0.4) is 0 Å². The molecule has 2 aromatic heterocycles. The molecule has 3 aliphatic heterocycles. The molecule has 1 atom stereocenters. The van der Waals surface area contributed by atoms with Crippen LogP contribution in [0, 0.1) is 6.92 Å². The maximum absolute atomic E-state index is 13.4. The van der Waals surface area contributed by atoms with Crippen molar-refractivity contribution in [3.63, 3.8) is 0 Å². The number of aromatic amines is 1. The maximum atomic E-state index is 13.4. The Hall–Kier alpha value is -7.00. The van der Waals surface area contributed by atoms with Crippen molar-refractivity contribution in [1.29, 1.82) is 0 Å². The number of benzene rings is 4. The first-order chi connectivity index (χ1) is 30.2. The second kappa shape index (κ2) is 16.4. The van der Waals surface area contributed by atoms with Gasteiger partial charge in [0.1, 0.15) is 6.04 Å². The van der Waals surface area contributed by atoms with E-state index in [4.69, 9.17) is 4.52 Å². The second-order valence-corrected chi connectivity index (χ2v) is 17.8. The molecule has 5 heterocycles. The monoisotopic (exact) mass is 847 g/mol.